The molecule has 0 radical (unpaired) electrons. The fraction of sp³-hybridized carbons (Fsp3) is 0.700. The molecule has 1 aliphatic heterocycles. The van der Waals surface area contributed by atoms with E-state index in [0.717, 1.165) is 24.8 Å². The third-order valence-electron chi connectivity index (χ3n) is 5.96. The first kappa shape index (κ1) is 21.6. The number of nitrogens with zero attached hydrogens (tertiary/aromatic N) is 1. The van der Waals surface area contributed by atoms with Crippen molar-refractivity contribution in [2.75, 3.05) is 6.54 Å². The van der Waals surface area contributed by atoms with Crippen molar-refractivity contribution in [3.63, 3.8) is 0 Å². The van der Waals surface area contributed by atoms with Crippen LogP contribution in [0.2, 0.25) is 18.1 Å². The quantitative estimate of drug-likeness (QED) is 0.661. The first-order valence-electron chi connectivity index (χ1n) is 9.66. The van der Waals surface area contributed by atoms with E-state index in [1.54, 1.807) is 16.4 Å². The highest BCUT2D eigenvalue weighted by Crippen LogP contribution is 2.40. The molecule has 0 bridgehead atoms. The highest BCUT2D eigenvalue weighted by atomic mass is 32.2. The van der Waals surface area contributed by atoms with Gasteiger partial charge in [0.05, 0.1) is 11.0 Å². The molecule has 0 spiro atoms. The molecular weight excluding hydrogens is 362 g/mol. The Morgan fingerprint density at radius 1 is 1.19 bits per heavy atom. The summed E-state index contributed by atoms with van der Waals surface area (Å²) in [4.78, 5) is 0.384. The summed E-state index contributed by atoms with van der Waals surface area (Å²) in [5.74, 6) is 0. The maximum absolute atomic E-state index is 13.3. The molecule has 1 aromatic carbocycles. The van der Waals surface area contributed by atoms with Gasteiger partial charge in [-0.05, 0) is 56.5 Å². The third kappa shape index (κ3) is 4.41. The van der Waals surface area contributed by atoms with Crippen LogP contribution in [-0.2, 0) is 14.4 Å². The van der Waals surface area contributed by atoms with Crippen LogP contribution in [0.1, 0.15) is 52.5 Å². The Kier molecular flexibility index (Phi) is 6.43. The molecule has 1 fully saturated rings. The lowest BCUT2D eigenvalue weighted by atomic mass is 9.99. The fourth-order valence-corrected chi connectivity index (χ4v) is 6.44. The molecule has 148 valence electrons. The predicted octanol–water partition coefficient (Wildman–Crippen LogP) is 4.95. The van der Waals surface area contributed by atoms with Gasteiger partial charge in [0.1, 0.15) is 0 Å². The molecule has 1 saturated heterocycles. The summed E-state index contributed by atoms with van der Waals surface area (Å²) in [5.41, 5.74) is 1.06. The molecule has 2 atom stereocenters. The predicted molar refractivity (Wildman–Crippen MR) is 110 cm³/mol. The molecule has 1 aliphatic rings. The summed E-state index contributed by atoms with van der Waals surface area (Å²) >= 11 is 0. The molecule has 0 aliphatic carbocycles. The first-order valence-corrected chi connectivity index (χ1v) is 14.0. The van der Waals surface area contributed by atoms with Gasteiger partial charge in [-0.15, -0.1) is 0 Å². The van der Waals surface area contributed by atoms with Crippen molar-refractivity contribution in [3.05, 3.63) is 29.8 Å². The van der Waals surface area contributed by atoms with Gasteiger partial charge in [-0.25, -0.2) is 8.42 Å². The number of aryl methyl sites for hydroxylation is 1. The Labute approximate surface area is 161 Å². The summed E-state index contributed by atoms with van der Waals surface area (Å²) in [6, 6.07) is 7.07. The number of piperidine rings is 1. The van der Waals surface area contributed by atoms with Crippen LogP contribution in [0.15, 0.2) is 29.2 Å². The van der Waals surface area contributed by atoms with E-state index < -0.39 is 18.3 Å². The average Bonchev–Trinajstić information content (AvgIpc) is 2.53. The Morgan fingerprint density at radius 3 is 2.27 bits per heavy atom. The second-order valence-electron chi connectivity index (χ2n) is 8.96. The topological polar surface area (TPSA) is 46.6 Å². The SMILES string of the molecule is CC[C@H]1[C@H](O[Si](C)(C)C(C)(C)C)CCCN1S(=O)(=O)c1ccc(C)cc1. The van der Waals surface area contributed by atoms with E-state index in [1.807, 2.05) is 19.1 Å². The molecule has 0 unspecified atom stereocenters. The molecule has 0 amide bonds. The largest absolute Gasteiger partial charge is 0.412 e. The Morgan fingerprint density at radius 2 is 1.77 bits per heavy atom. The van der Waals surface area contributed by atoms with Crippen LogP contribution in [-0.4, -0.2) is 39.7 Å². The highest BCUT2D eigenvalue weighted by molar-refractivity contribution is 7.89. The lowest BCUT2D eigenvalue weighted by Crippen LogP contribution is -2.55. The number of sulfonamides is 1. The van der Waals surface area contributed by atoms with Crippen molar-refractivity contribution >= 4 is 18.3 Å². The van der Waals surface area contributed by atoms with Gasteiger partial charge in [-0.3, -0.25) is 0 Å². The fourth-order valence-electron chi connectivity index (χ4n) is 3.30. The summed E-state index contributed by atoms with van der Waals surface area (Å²) in [7, 11) is -5.44. The van der Waals surface area contributed by atoms with Gasteiger partial charge in [0.2, 0.25) is 10.0 Å². The molecule has 1 heterocycles. The minimum atomic E-state index is -3.50. The molecule has 4 nitrogen and oxygen atoms in total. The van der Waals surface area contributed by atoms with E-state index >= 15 is 0 Å². The number of hydrogen-bond acceptors (Lipinski definition) is 3. The molecular formula is C20H35NO3SSi. The van der Waals surface area contributed by atoms with E-state index in [0.29, 0.717) is 11.4 Å². The zero-order chi connectivity index (χ0) is 19.8. The van der Waals surface area contributed by atoms with Crippen LogP contribution < -0.4 is 0 Å². The molecule has 1 aromatic rings. The second-order valence-corrected chi connectivity index (χ2v) is 15.6. The molecule has 0 saturated carbocycles. The van der Waals surface area contributed by atoms with Crippen LogP contribution in [0.4, 0.5) is 0 Å². The molecule has 0 aromatic heterocycles. The number of benzene rings is 1. The van der Waals surface area contributed by atoms with Crippen molar-refractivity contribution in [2.45, 2.75) is 89.1 Å². The highest BCUT2D eigenvalue weighted by Gasteiger charge is 2.44. The zero-order valence-corrected chi connectivity index (χ0v) is 19.2. The van der Waals surface area contributed by atoms with Gasteiger partial charge in [0.25, 0.3) is 0 Å². The summed E-state index contributed by atoms with van der Waals surface area (Å²) < 4.78 is 34.9. The van der Waals surface area contributed by atoms with Gasteiger partial charge in [-0.1, -0.05) is 45.4 Å². The van der Waals surface area contributed by atoms with Crippen molar-refractivity contribution < 1.29 is 12.8 Å². The van der Waals surface area contributed by atoms with E-state index in [4.69, 9.17) is 4.43 Å². The third-order valence-corrected chi connectivity index (χ3v) is 12.4. The monoisotopic (exact) mass is 397 g/mol. The van der Waals surface area contributed by atoms with Gasteiger partial charge >= 0.3 is 0 Å². The van der Waals surface area contributed by atoms with Gasteiger partial charge in [0.15, 0.2) is 8.32 Å². The standard InChI is InChI=1S/C20H35NO3SSi/c1-8-18-19(24-26(6,7)20(3,4)5)10-9-15-21(18)25(22,23)17-13-11-16(2)12-14-17/h11-14,18-19H,8-10,15H2,1-7H3/t18-,19+/m0/s1. The Bertz CT molecular complexity index is 708. The van der Waals surface area contributed by atoms with E-state index in [1.165, 1.54) is 0 Å². The van der Waals surface area contributed by atoms with Crippen LogP contribution in [0.5, 0.6) is 0 Å². The van der Waals surface area contributed by atoms with E-state index in [2.05, 4.69) is 40.8 Å². The Balaban J connectivity index is 2.31. The summed E-state index contributed by atoms with van der Waals surface area (Å²) in [6.07, 6.45) is 2.53. The number of hydrogen-bond donors (Lipinski definition) is 0. The van der Waals surface area contributed by atoms with Gasteiger partial charge in [0, 0.05) is 12.6 Å². The lowest BCUT2D eigenvalue weighted by molar-refractivity contribution is 0.0590. The van der Waals surface area contributed by atoms with Gasteiger partial charge < -0.3 is 4.43 Å². The maximum Gasteiger partial charge on any atom is 0.243 e. The first-order chi connectivity index (χ1) is 11.9. The van der Waals surface area contributed by atoms with Crippen LogP contribution in [0.3, 0.4) is 0 Å². The maximum atomic E-state index is 13.3. The molecule has 6 heteroatoms. The minimum absolute atomic E-state index is 0.0186. The van der Waals surface area contributed by atoms with Crippen molar-refractivity contribution in [3.8, 4) is 0 Å². The van der Waals surface area contributed by atoms with E-state index in [9.17, 15) is 8.42 Å². The zero-order valence-electron chi connectivity index (χ0n) is 17.4. The van der Waals surface area contributed by atoms with Crippen LogP contribution >= 0.6 is 0 Å². The molecule has 0 N–H and O–H groups in total. The molecule has 2 rings (SSSR count). The van der Waals surface area contributed by atoms with Crippen molar-refractivity contribution in [2.24, 2.45) is 0 Å². The summed E-state index contributed by atoms with van der Waals surface area (Å²) in [6.45, 7) is 15.8. The normalized spacial score (nSPS) is 23.2. The summed E-state index contributed by atoms with van der Waals surface area (Å²) in [5, 5.41) is 0.114. The minimum Gasteiger partial charge on any atom is -0.412 e. The average molecular weight is 398 g/mol. The van der Waals surface area contributed by atoms with E-state index in [-0.39, 0.29) is 17.2 Å². The van der Waals surface area contributed by atoms with Crippen LogP contribution in [0.25, 0.3) is 0 Å². The van der Waals surface area contributed by atoms with Crippen LogP contribution in [0, 0.1) is 6.92 Å². The number of rotatable bonds is 5. The second kappa shape index (κ2) is 7.74. The van der Waals surface area contributed by atoms with Crippen molar-refractivity contribution in [1.82, 2.24) is 4.31 Å². The lowest BCUT2D eigenvalue weighted by Gasteiger charge is -2.46. The smallest absolute Gasteiger partial charge is 0.243 e. The van der Waals surface area contributed by atoms with Gasteiger partial charge in [-0.2, -0.15) is 4.31 Å². The van der Waals surface area contributed by atoms with Crippen molar-refractivity contribution in [1.29, 1.82) is 0 Å². The molecule has 26 heavy (non-hydrogen) atoms. The Hall–Kier alpha value is -0.693.